The molecule has 0 fully saturated rings. The van der Waals surface area contributed by atoms with Crippen molar-refractivity contribution in [2.45, 2.75) is 0 Å². The summed E-state index contributed by atoms with van der Waals surface area (Å²) in [5.41, 5.74) is 3.41. The largest absolute Gasteiger partial charge is 0.275 e. The van der Waals surface area contributed by atoms with Gasteiger partial charge in [0.05, 0.1) is 26.8 Å². The van der Waals surface area contributed by atoms with Crippen LogP contribution in [0.1, 0.15) is 0 Å². The summed E-state index contributed by atoms with van der Waals surface area (Å²) in [6.07, 6.45) is 0. The first kappa shape index (κ1) is 18.4. The van der Waals surface area contributed by atoms with E-state index < -0.39 is 0 Å². The Kier molecular flexibility index (Phi) is 3.30. The molecule has 0 saturated carbocycles. The molecular formula is C26H10Br2N2O2S. The molecule has 0 N–H and O–H groups in total. The lowest BCUT2D eigenvalue weighted by Crippen LogP contribution is -2.13. The van der Waals surface area contributed by atoms with Crippen LogP contribution < -0.4 is 11.1 Å². The summed E-state index contributed by atoms with van der Waals surface area (Å²) in [7, 11) is 0. The molecule has 0 amide bonds. The second-order valence-electron chi connectivity index (χ2n) is 8.42. The lowest BCUT2D eigenvalue weighted by Gasteiger charge is -2.06. The van der Waals surface area contributed by atoms with Crippen LogP contribution >= 0.6 is 43.2 Å². The first-order valence-electron chi connectivity index (χ1n) is 10.3. The lowest BCUT2D eigenvalue weighted by molar-refractivity contribution is 1.21. The van der Waals surface area contributed by atoms with Gasteiger partial charge in [0.1, 0.15) is 4.70 Å². The van der Waals surface area contributed by atoms with Crippen molar-refractivity contribution in [3.8, 4) is 0 Å². The van der Waals surface area contributed by atoms with E-state index in [1.807, 2.05) is 52.9 Å². The number of benzene rings is 3. The Bertz CT molecular complexity index is 2260. The molecule has 0 aliphatic carbocycles. The number of halogens is 2. The van der Waals surface area contributed by atoms with Crippen LogP contribution in [-0.4, -0.2) is 8.80 Å². The monoisotopic (exact) mass is 572 g/mol. The number of aromatic nitrogens is 2. The van der Waals surface area contributed by atoms with Crippen molar-refractivity contribution in [1.82, 2.24) is 8.80 Å². The van der Waals surface area contributed by atoms with Gasteiger partial charge in [-0.05, 0) is 54.6 Å². The Morgan fingerprint density at radius 2 is 1.15 bits per heavy atom. The second kappa shape index (κ2) is 5.91. The molecule has 5 aromatic heterocycles. The fourth-order valence-electron chi connectivity index (χ4n) is 5.40. The Morgan fingerprint density at radius 3 is 1.85 bits per heavy atom. The Balaban J connectivity index is 1.70. The second-order valence-corrected chi connectivity index (χ2v) is 11.3. The summed E-state index contributed by atoms with van der Waals surface area (Å²) in [5, 5.41) is 5.45. The Labute approximate surface area is 205 Å². The highest BCUT2D eigenvalue weighted by Crippen LogP contribution is 2.43. The summed E-state index contributed by atoms with van der Waals surface area (Å²) in [5.74, 6) is 0. The molecule has 0 saturated heterocycles. The third kappa shape index (κ3) is 2.11. The summed E-state index contributed by atoms with van der Waals surface area (Å²) >= 11 is 8.56. The first-order chi connectivity index (χ1) is 16.0. The number of thiophene rings is 1. The van der Waals surface area contributed by atoms with Gasteiger partial charge in [-0.25, -0.2) is 0 Å². The van der Waals surface area contributed by atoms with E-state index in [-0.39, 0.29) is 11.1 Å². The highest BCUT2D eigenvalue weighted by Gasteiger charge is 2.23. The fraction of sp³-hybridized carbons (Fsp3) is 0. The van der Waals surface area contributed by atoms with Crippen molar-refractivity contribution in [2.24, 2.45) is 0 Å². The van der Waals surface area contributed by atoms with Gasteiger partial charge in [0, 0.05) is 41.3 Å². The molecule has 5 heterocycles. The van der Waals surface area contributed by atoms with Crippen molar-refractivity contribution >= 4 is 107 Å². The predicted molar refractivity (Wildman–Crippen MR) is 144 cm³/mol. The van der Waals surface area contributed by atoms with Crippen LogP contribution in [0.15, 0.2) is 79.2 Å². The van der Waals surface area contributed by atoms with Gasteiger partial charge in [0.15, 0.2) is 0 Å². The van der Waals surface area contributed by atoms with Gasteiger partial charge >= 0.3 is 0 Å². The predicted octanol–water partition coefficient (Wildman–Crippen LogP) is 7.14. The van der Waals surface area contributed by atoms with E-state index in [2.05, 4.69) is 44.0 Å². The van der Waals surface area contributed by atoms with E-state index in [4.69, 9.17) is 0 Å². The smallest absolute Gasteiger partial charge is 0.273 e. The minimum Gasteiger partial charge on any atom is -0.275 e. The molecular weight excluding hydrogens is 564 g/mol. The van der Waals surface area contributed by atoms with Crippen molar-refractivity contribution in [3.63, 3.8) is 0 Å². The third-order valence-corrected chi connectivity index (χ3v) is 8.92. The zero-order valence-corrected chi connectivity index (χ0v) is 20.6. The van der Waals surface area contributed by atoms with Gasteiger partial charge in [-0.2, -0.15) is 0 Å². The first-order valence-corrected chi connectivity index (χ1v) is 12.7. The molecule has 0 unspecified atom stereocenters. The molecule has 3 aromatic carbocycles. The van der Waals surface area contributed by atoms with E-state index in [1.165, 1.54) is 11.3 Å². The van der Waals surface area contributed by atoms with Gasteiger partial charge in [0.2, 0.25) is 0 Å². The van der Waals surface area contributed by atoms with E-state index in [0.29, 0.717) is 10.1 Å². The molecule has 0 radical (unpaired) electrons. The topological polar surface area (TPSA) is 43.0 Å². The third-order valence-electron chi connectivity index (χ3n) is 6.73. The van der Waals surface area contributed by atoms with Crippen molar-refractivity contribution in [2.75, 3.05) is 0 Å². The maximum absolute atomic E-state index is 13.8. The molecule has 0 spiro atoms. The summed E-state index contributed by atoms with van der Waals surface area (Å²) in [6.45, 7) is 0. The Hall–Kier alpha value is -3.00. The average molecular weight is 574 g/mol. The van der Waals surface area contributed by atoms with Crippen molar-refractivity contribution < 1.29 is 0 Å². The minimum absolute atomic E-state index is 0.0343. The minimum atomic E-state index is -0.0479. The van der Waals surface area contributed by atoms with Gasteiger partial charge < -0.3 is 0 Å². The van der Waals surface area contributed by atoms with Gasteiger partial charge in [0.25, 0.3) is 11.1 Å². The maximum atomic E-state index is 13.8. The fourth-order valence-corrected chi connectivity index (χ4v) is 7.42. The summed E-state index contributed by atoms with van der Waals surface area (Å²) in [4.78, 5) is 27.4. The normalized spacial score (nSPS) is 12.8. The number of hydrogen-bond acceptors (Lipinski definition) is 3. The highest BCUT2D eigenvalue weighted by molar-refractivity contribution is 9.10. The SMILES string of the molecule is O=c1c2sc3c4c(ccc(c24)c2cc4cc(Br)ccc4n12)c(=O)n1c2ccc(Br)cc2cc31. The quantitative estimate of drug-likeness (QED) is 0.181. The molecule has 8 rings (SSSR count). The molecule has 0 aliphatic rings. The molecule has 0 atom stereocenters. The summed E-state index contributed by atoms with van der Waals surface area (Å²) < 4.78 is 7.21. The van der Waals surface area contributed by atoms with Crippen LogP contribution in [-0.2, 0) is 0 Å². The molecule has 8 aromatic rings. The van der Waals surface area contributed by atoms with E-state index in [9.17, 15) is 9.59 Å². The van der Waals surface area contributed by atoms with Gasteiger partial charge in [-0.15, -0.1) is 11.3 Å². The number of pyridine rings is 2. The van der Waals surface area contributed by atoms with E-state index in [0.717, 1.165) is 62.6 Å². The zero-order valence-electron chi connectivity index (χ0n) is 16.6. The van der Waals surface area contributed by atoms with Crippen LogP contribution in [0, 0.1) is 0 Å². The van der Waals surface area contributed by atoms with E-state index in [1.54, 1.807) is 4.40 Å². The van der Waals surface area contributed by atoms with Crippen molar-refractivity contribution in [3.05, 3.63) is 90.3 Å². The molecule has 156 valence electrons. The van der Waals surface area contributed by atoms with E-state index >= 15 is 0 Å². The maximum Gasteiger partial charge on any atom is 0.273 e. The highest BCUT2D eigenvalue weighted by atomic mass is 79.9. The molecule has 33 heavy (non-hydrogen) atoms. The van der Waals surface area contributed by atoms with Crippen molar-refractivity contribution in [1.29, 1.82) is 0 Å². The molecule has 0 aliphatic heterocycles. The number of hydrogen-bond donors (Lipinski definition) is 0. The van der Waals surface area contributed by atoms with Crippen LogP contribution in [0.25, 0.3) is 63.8 Å². The Morgan fingerprint density at radius 1 is 0.576 bits per heavy atom. The van der Waals surface area contributed by atoms with Gasteiger partial charge in [-0.1, -0.05) is 37.9 Å². The van der Waals surface area contributed by atoms with Crippen LogP contribution in [0.5, 0.6) is 0 Å². The molecule has 0 bridgehead atoms. The van der Waals surface area contributed by atoms with Crippen LogP contribution in [0.2, 0.25) is 0 Å². The number of rotatable bonds is 0. The number of fused-ring (bicyclic) bond motifs is 8. The zero-order chi connectivity index (χ0) is 22.2. The molecule has 4 nitrogen and oxygen atoms in total. The summed E-state index contributed by atoms with van der Waals surface area (Å²) in [6, 6.07) is 19.9. The lowest BCUT2D eigenvalue weighted by atomic mass is 10.0. The van der Waals surface area contributed by atoms with Crippen LogP contribution in [0.4, 0.5) is 0 Å². The average Bonchev–Trinajstić information content (AvgIpc) is 3.48. The standard InChI is InChI=1S/C26H10Br2N2O2S/c27-13-1-5-17-11(7-13)9-19-15-3-4-16-22-21(15)24(26(32)29(17)19)33-23(22)20-10-12-8-14(28)2-6-18(12)30(20)25(16)31/h1-10H. The molecule has 7 heteroatoms. The van der Waals surface area contributed by atoms with Gasteiger partial charge in [-0.3, -0.25) is 18.4 Å². The number of nitrogens with zero attached hydrogens (tertiary/aromatic N) is 2. The van der Waals surface area contributed by atoms with Crippen LogP contribution in [0.3, 0.4) is 0 Å².